The number of nitrogens with zero attached hydrogens (tertiary/aromatic N) is 1. The highest BCUT2D eigenvalue weighted by Gasteiger charge is 2.07. The Morgan fingerprint density at radius 1 is 1.07 bits per heavy atom. The van der Waals surface area contributed by atoms with Gasteiger partial charge >= 0.3 is 0 Å². The molecule has 5 heteroatoms. The van der Waals surface area contributed by atoms with E-state index >= 15 is 0 Å². The molecule has 0 unspecified atom stereocenters. The zero-order chi connectivity index (χ0) is 20.5. The second-order valence-corrected chi connectivity index (χ2v) is 6.69. The first-order valence-electron chi connectivity index (χ1n) is 9.47. The van der Waals surface area contributed by atoms with Gasteiger partial charge in [-0.2, -0.15) is 0 Å². The van der Waals surface area contributed by atoms with Crippen LogP contribution in [0.2, 0.25) is 0 Å². The second-order valence-electron chi connectivity index (χ2n) is 6.69. The molecule has 5 nitrogen and oxygen atoms in total. The number of rotatable bonds is 8. The Kier molecular flexibility index (Phi) is 7.00. The average molecular weight is 388 g/mol. The predicted octanol–water partition coefficient (Wildman–Crippen LogP) is 5.10. The topological polar surface area (TPSA) is 60.5 Å². The van der Waals surface area contributed by atoms with E-state index < -0.39 is 0 Å². The van der Waals surface area contributed by atoms with E-state index in [-0.39, 0.29) is 12.0 Å². The maximum absolute atomic E-state index is 12.4. The molecule has 0 saturated heterocycles. The van der Waals surface area contributed by atoms with E-state index in [1.165, 1.54) is 6.08 Å². The molecule has 1 aromatic heterocycles. The molecule has 3 aromatic rings. The van der Waals surface area contributed by atoms with Crippen molar-refractivity contribution < 1.29 is 14.3 Å². The molecule has 0 radical (unpaired) electrons. The number of ether oxygens (including phenoxy) is 2. The molecule has 1 N–H and O–H groups in total. The zero-order valence-corrected chi connectivity index (χ0v) is 16.5. The molecule has 0 bridgehead atoms. The van der Waals surface area contributed by atoms with Crippen molar-refractivity contribution in [2.24, 2.45) is 0 Å². The first-order chi connectivity index (χ1) is 14.1. The summed E-state index contributed by atoms with van der Waals surface area (Å²) in [7, 11) is 0. The maximum Gasteiger partial charge on any atom is 0.249 e. The fraction of sp³-hybridized carbons (Fsp3) is 0.167. The van der Waals surface area contributed by atoms with Crippen LogP contribution in [0.4, 0.5) is 5.82 Å². The minimum absolute atomic E-state index is 0.0935. The lowest BCUT2D eigenvalue weighted by atomic mass is 10.2. The first-order valence-corrected chi connectivity index (χ1v) is 9.47. The van der Waals surface area contributed by atoms with Crippen molar-refractivity contribution >= 4 is 17.8 Å². The van der Waals surface area contributed by atoms with Crippen LogP contribution in [0.3, 0.4) is 0 Å². The lowest BCUT2D eigenvalue weighted by molar-refractivity contribution is -0.111. The summed E-state index contributed by atoms with van der Waals surface area (Å²) in [5, 5.41) is 2.77. The van der Waals surface area contributed by atoms with Gasteiger partial charge in [0.05, 0.1) is 6.10 Å². The van der Waals surface area contributed by atoms with E-state index in [9.17, 15) is 4.79 Å². The van der Waals surface area contributed by atoms with Gasteiger partial charge in [0.2, 0.25) is 5.91 Å². The fourth-order valence-corrected chi connectivity index (χ4v) is 2.63. The van der Waals surface area contributed by atoms with Gasteiger partial charge < -0.3 is 14.8 Å². The summed E-state index contributed by atoms with van der Waals surface area (Å²) in [4.78, 5) is 16.6. The number of nitrogens with one attached hydrogen (secondary N) is 1. The van der Waals surface area contributed by atoms with Crippen LogP contribution < -0.4 is 14.8 Å². The maximum atomic E-state index is 12.4. The van der Waals surface area contributed by atoms with Crippen LogP contribution in [-0.4, -0.2) is 17.0 Å². The van der Waals surface area contributed by atoms with E-state index in [2.05, 4.69) is 10.3 Å². The van der Waals surface area contributed by atoms with Crippen molar-refractivity contribution in [3.63, 3.8) is 0 Å². The normalized spacial score (nSPS) is 10.9. The molecule has 0 spiro atoms. The molecule has 0 aliphatic heterocycles. The third-order valence-electron chi connectivity index (χ3n) is 3.91. The Hall–Kier alpha value is -3.60. The van der Waals surface area contributed by atoms with Gasteiger partial charge in [-0.15, -0.1) is 0 Å². The summed E-state index contributed by atoms with van der Waals surface area (Å²) in [5.74, 6) is 1.38. The summed E-state index contributed by atoms with van der Waals surface area (Å²) in [5.41, 5.74) is 1.91. The van der Waals surface area contributed by atoms with Crippen LogP contribution in [0.5, 0.6) is 11.5 Å². The van der Waals surface area contributed by atoms with E-state index in [0.717, 1.165) is 16.9 Å². The smallest absolute Gasteiger partial charge is 0.249 e. The molecule has 29 heavy (non-hydrogen) atoms. The third-order valence-corrected chi connectivity index (χ3v) is 3.91. The van der Waals surface area contributed by atoms with Crippen molar-refractivity contribution in [3.8, 4) is 11.5 Å². The number of carbonyl (C=O) groups is 1. The number of carbonyl (C=O) groups excluding carboxylic acids is 1. The summed E-state index contributed by atoms with van der Waals surface area (Å²) in [6, 6.07) is 21.0. The van der Waals surface area contributed by atoms with Gasteiger partial charge in [-0.05, 0) is 55.3 Å². The SMILES string of the molecule is CC(C)Oc1cccc(/C=C/C(=O)Nc2ncccc2OCc2ccccc2)c1. The number of hydrogen-bond donors (Lipinski definition) is 1. The number of anilines is 1. The lowest BCUT2D eigenvalue weighted by Gasteiger charge is -2.11. The summed E-state index contributed by atoms with van der Waals surface area (Å²) in [6.45, 7) is 4.34. The zero-order valence-electron chi connectivity index (χ0n) is 16.5. The van der Waals surface area contributed by atoms with Crippen LogP contribution in [-0.2, 0) is 11.4 Å². The van der Waals surface area contributed by atoms with Crippen LogP contribution >= 0.6 is 0 Å². The Morgan fingerprint density at radius 2 is 1.90 bits per heavy atom. The molecule has 0 atom stereocenters. The molecule has 148 valence electrons. The van der Waals surface area contributed by atoms with Crippen molar-refractivity contribution in [1.82, 2.24) is 4.98 Å². The van der Waals surface area contributed by atoms with Crippen LogP contribution in [0.1, 0.15) is 25.0 Å². The van der Waals surface area contributed by atoms with Gasteiger partial charge in [-0.3, -0.25) is 4.79 Å². The Balaban J connectivity index is 1.63. The predicted molar refractivity (Wildman–Crippen MR) is 115 cm³/mol. The second kappa shape index (κ2) is 10.1. The first kappa shape index (κ1) is 20.1. The molecule has 0 aliphatic carbocycles. The molecule has 1 amide bonds. The number of benzene rings is 2. The quantitative estimate of drug-likeness (QED) is 0.546. The van der Waals surface area contributed by atoms with Gasteiger partial charge in [0.15, 0.2) is 11.6 Å². The van der Waals surface area contributed by atoms with Gasteiger partial charge in [-0.25, -0.2) is 4.98 Å². The molecule has 1 heterocycles. The highest BCUT2D eigenvalue weighted by atomic mass is 16.5. The molecule has 3 rings (SSSR count). The summed E-state index contributed by atoms with van der Waals surface area (Å²) in [6.07, 6.45) is 4.90. The number of amides is 1. The molecular weight excluding hydrogens is 364 g/mol. The van der Waals surface area contributed by atoms with Crippen LogP contribution in [0, 0.1) is 0 Å². The highest BCUT2D eigenvalue weighted by molar-refractivity contribution is 6.02. The fourth-order valence-electron chi connectivity index (χ4n) is 2.63. The lowest BCUT2D eigenvalue weighted by Crippen LogP contribution is -2.11. The van der Waals surface area contributed by atoms with Gasteiger partial charge in [0, 0.05) is 12.3 Å². The monoisotopic (exact) mass is 388 g/mol. The van der Waals surface area contributed by atoms with Crippen molar-refractivity contribution in [2.75, 3.05) is 5.32 Å². The Labute approximate surface area is 171 Å². The number of hydrogen-bond acceptors (Lipinski definition) is 4. The summed E-state index contributed by atoms with van der Waals surface area (Å²) < 4.78 is 11.5. The minimum Gasteiger partial charge on any atom is -0.491 e. The van der Waals surface area contributed by atoms with Gasteiger partial charge in [-0.1, -0.05) is 42.5 Å². The van der Waals surface area contributed by atoms with Crippen molar-refractivity contribution in [1.29, 1.82) is 0 Å². The van der Waals surface area contributed by atoms with Crippen molar-refractivity contribution in [2.45, 2.75) is 26.6 Å². The van der Waals surface area contributed by atoms with Gasteiger partial charge in [0.1, 0.15) is 12.4 Å². The standard InChI is InChI=1S/C24H24N2O3/c1-18(2)29-21-11-6-10-19(16-21)13-14-23(27)26-24-22(12-7-15-25-24)28-17-20-8-4-3-5-9-20/h3-16,18H,17H2,1-2H3,(H,25,26,27)/b14-13+. The summed E-state index contributed by atoms with van der Waals surface area (Å²) >= 11 is 0. The van der Waals surface area contributed by atoms with Crippen molar-refractivity contribution in [3.05, 3.63) is 90.1 Å². The molecule has 0 aliphatic rings. The molecular formula is C24H24N2O3. The van der Waals surface area contributed by atoms with E-state index in [0.29, 0.717) is 18.2 Å². The van der Waals surface area contributed by atoms with Crippen LogP contribution in [0.25, 0.3) is 6.08 Å². The van der Waals surface area contributed by atoms with E-state index in [1.807, 2.05) is 68.4 Å². The minimum atomic E-state index is -0.288. The number of aromatic nitrogens is 1. The van der Waals surface area contributed by atoms with Gasteiger partial charge in [0.25, 0.3) is 0 Å². The third kappa shape index (κ3) is 6.50. The highest BCUT2D eigenvalue weighted by Crippen LogP contribution is 2.22. The van der Waals surface area contributed by atoms with E-state index in [4.69, 9.17) is 9.47 Å². The largest absolute Gasteiger partial charge is 0.491 e. The van der Waals surface area contributed by atoms with Crippen LogP contribution in [0.15, 0.2) is 79.0 Å². The Morgan fingerprint density at radius 3 is 2.69 bits per heavy atom. The molecule has 0 saturated carbocycles. The average Bonchev–Trinajstić information content (AvgIpc) is 2.72. The molecule has 2 aromatic carbocycles. The molecule has 0 fully saturated rings. The van der Waals surface area contributed by atoms with E-state index in [1.54, 1.807) is 24.4 Å². The number of pyridine rings is 1. The Bertz CT molecular complexity index is 969.